The molecule has 0 unspecified atom stereocenters. The Labute approximate surface area is 138 Å². The highest BCUT2D eigenvalue weighted by atomic mass is 16.8. The topological polar surface area (TPSA) is 149 Å². The van der Waals surface area contributed by atoms with Crippen LogP contribution < -0.4 is 0 Å². The van der Waals surface area contributed by atoms with Gasteiger partial charge < -0.3 is 44.8 Å². The maximum Gasteiger partial charge on any atom is 0.209 e. The minimum absolute atomic E-state index is 0.288. The Morgan fingerprint density at radius 3 is 2.42 bits per heavy atom. The normalized spacial score (nSPS) is 47.9. The van der Waals surface area contributed by atoms with Gasteiger partial charge in [0, 0.05) is 5.92 Å². The minimum atomic E-state index is -1.56. The first-order chi connectivity index (χ1) is 11.5. The average Bonchev–Trinajstić information content (AvgIpc) is 2.92. The van der Waals surface area contributed by atoms with E-state index < -0.39 is 55.6 Å². The van der Waals surface area contributed by atoms with Gasteiger partial charge >= 0.3 is 0 Å². The van der Waals surface area contributed by atoms with Crippen molar-refractivity contribution in [2.24, 2.45) is 11.8 Å². The molecule has 3 aliphatic rings. The molecule has 0 bridgehead atoms. The van der Waals surface area contributed by atoms with Crippen molar-refractivity contribution >= 4 is 0 Å². The maximum absolute atomic E-state index is 10.0. The molecular formula is C15H22O9. The van der Waals surface area contributed by atoms with Gasteiger partial charge in [0.15, 0.2) is 6.29 Å². The molecule has 1 aliphatic carbocycles. The highest BCUT2D eigenvalue weighted by Gasteiger charge is 2.49. The Hall–Kier alpha value is -1.04. The highest BCUT2D eigenvalue weighted by Crippen LogP contribution is 2.40. The molecule has 0 aromatic rings. The summed E-state index contributed by atoms with van der Waals surface area (Å²) in [5.74, 6) is -0.835. The quantitative estimate of drug-likeness (QED) is 0.297. The molecular weight excluding hydrogens is 324 g/mol. The molecule has 2 heterocycles. The van der Waals surface area contributed by atoms with Crippen LogP contribution in [0.3, 0.4) is 0 Å². The van der Waals surface area contributed by atoms with Crippen LogP contribution >= 0.6 is 0 Å². The molecule has 0 aromatic carbocycles. The van der Waals surface area contributed by atoms with E-state index in [1.807, 2.05) is 0 Å². The van der Waals surface area contributed by atoms with Gasteiger partial charge in [0.1, 0.15) is 24.4 Å². The summed E-state index contributed by atoms with van der Waals surface area (Å²) in [6.45, 7) is -0.854. The molecule has 136 valence electrons. The van der Waals surface area contributed by atoms with Gasteiger partial charge in [-0.15, -0.1) is 0 Å². The predicted molar refractivity (Wildman–Crippen MR) is 77.0 cm³/mol. The summed E-state index contributed by atoms with van der Waals surface area (Å²) in [6, 6.07) is 0. The molecule has 0 aromatic heterocycles. The van der Waals surface area contributed by atoms with Gasteiger partial charge in [-0.3, -0.25) is 0 Å². The van der Waals surface area contributed by atoms with Crippen molar-refractivity contribution in [1.29, 1.82) is 0 Å². The zero-order valence-electron chi connectivity index (χ0n) is 12.8. The van der Waals surface area contributed by atoms with E-state index in [4.69, 9.17) is 14.2 Å². The van der Waals surface area contributed by atoms with Crippen LogP contribution in [0.2, 0.25) is 0 Å². The summed E-state index contributed by atoms with van der Waals surface area (Å²) in [6.07, 6.45) is -4.27. The summed E-state index contributed by atoms with van der Waals surface area (Å²) in [4.78, 5) is 0. The van der Waals surface area contributed by atoms with E-state index in [-0.39, 0.29) is 12.5 Å². The van der Waals surface area contributed by atoms with Gasteiger partial charge in [-0.05, 0) is 11.6 Å². The molecule has 2 aliphatic heterocycles. The van der Waals surface area contributed by atoms with E-state index in [0.29, 0.717) is 5.57 Å². The van der Waals surface area contributed by atoms with Gasteiger partial charge in [-0.1, -0.05) is 6.08 Å². The Kier molecular flexibility index (Phi) is 5.23. The summed E-state index contributed by atoms with van der Waals surface area (Å²) in [5, 5.41) is 58.3. The molecule has 0 amide bonds. The Morgan fingerprint density at radius 1 is 1.00 bits per heavy atom. The second-order valence-electron chi connectivity index (χ2n) is 6.16. The summed E-state index contributed by atoms with van der Waals surface area (Å²) in [7, 11) is 0. The summed E-state index contributed by atoms with van der Waals surface area (Å²) >= 11 is 0. The Bertz CT molecular complexity index is 505. The zero-order valence-corrected chi connectivity index (χ0v) is 12.8. The lowest BCUT2D eigenvalue weighted by atomic mass is 9.88. The number of ether oxygens (including phenoxy) is 3. The number of rotatable bonds is 4. The van der Waals surface area contributed by atoms with Crippen LogP contribution in [0.4, 0.5) is 0 Å². The first kappa shape index (κ1) is 17.8. The Balaban J connectivity index is 1.75. The molecule has 0 spiro atoms. The third kappa shape index (κ3) is 2.98. The van der Waals surface area contributed by atoms with Crippen LogP contribution in [0.25, 0.3) is 0 Å². The average molecular weight is 346 g/mol. The molecule has 0 saturated carbocycles. The monoisotopic (exact) mass is 346 g/mol. The van der Waals surface area contributed by atoms with Crippen molar-refractivity contribution in [2.75, 3.05) is 13.2 Å². The van der Waals surface area contributed by atoms with Crippen molar-refractivity contribution in [1.82, 2.24) is 0 Å². The van der Waals surface area contributed by atoms with Gasteiger partial charge in [0.05, 0.1) is 31.5 Å². The Morgan fingerprint density at radius 2 is 1.75 bits per heavy atom. The van der Waals surface area contributed by atoms with Crippen LogP contribution in [0, 0.1) is 11.8 Å². The van der Waals surface area contributed by atoms with Crippen molar-refractivity contribution in [3.8, 4) is 0 Å². The van der Waals surface area contributed by atoms with Gasteiger partial charge in [0.2, 0.25) is 6.29 Å². The molecule has 6 N–H and O–H groups in total. The molecule has 1 fully saturated rings. The third-order valence-corrected chi connectivity index (χ3v) is 4.73. The molecule has 1 saturated heterocycles. The van der Waals surface area contributed by atoms with Crippen molar-refractivity contribution in [3.63, 3.8) is 0 Å². The summed E-state index contributed by atoms with van der Waals surface area (Å²) < 4.78 is 16.3. The van der Waals surface area contributed by atoms with Crippen molar-refractivity contribution in [2.45, 2.75) is 43.1 Å². The minimum Gasteiger partial charge on any atom is -0.472 e. The zero-order chi connectivity index (χ0) is 17.4. The van der Waals surface area contributed by atoms with Gasteiger partial charge in [-0.25, -0.2) is 0 Å². The summed E-state index contributed by atoms with van der Waals surface area (Å²) in [5.41, 5.74) is 0.534. The number of hydrogen-bond acceptors (Lipinski definition) is 9. The van der Waals surface area contributed by atoms with Crippen LogP contribution in [0.15, 0.2) is 24.0 Å². The highest BCUT2D eigenvalue weighted by molar-refractivity contribution is 5.25. The lowest BCUT2D eigenvalue weighted by molar-refractivity contribution is -0.339. The SMILES string of the molecule is OCC1=C[C@H](O)[C@H]2C=CO[C@H](O[C@@H]3O[C@@H](CO)[C@H](O)[C@@H](O)[C@@H]3O)[C@@H]12. The first-order valence-electron chi connectivity index (χ1n) is 7.75. The lowest BCUT2D eigenvalue weighted by Gasteiger charge is -2.42. The fraction of sp³-hybridized carbons (Fsp3) is 0.733. The lowest BCUT2D eigenvalue weighted by Crippen LogP contribution is -2.60. The number of aliphatic hydroxyl groups excluding tert-OH is 6. The van der Waals surface area contributed by atoms with Crippen LogP contribution in [0.1, 0.15) is 0 Å². The third-order valence-electron chi connectivity index (χ3n) is 4.73. The van der Waals surface area contributed by atoms with Gasteiger partial charge in [-0.2, -0.15) is 0 Å². The van der Waals surface area contributed by atoms with Crippen LogP contribution in [0.5, 0.6) is 0 Å². The van der Waals surface area contributed by atoms with E-state index in [9.17, 15) is 30.6 Å². The molecule has 24 heavy (non-hydrogen) atoms. The first-order valence-corrected chi connectivity index (χ1v) is 7.75. The molecule has 3 rings (SSSR count). The van der Waals surface area contributed by atoms with Crippen molar-refractivity contribution < 1.29 is 44.8 Å². The molecule has 9 nitrogen and oxygen atoms in total. The second kappa shape index (κ2) is 7.06. The smallest absolute Gasteiger partial charge is 0.209 e. The van der Waals surface area contributed by atoms with Crippen LogP contribution in [-0.2, 0) is 14.2 Å². The standard InChI is InChI=1S/C15H22O9/c16-4-6-3-8(18)7-1-2-22-14(10(6)7)24-15-13(21)12(20)11(19)9(5-17)23-15/h1-3,7-21H,4-5H2/t7-,8+,9+,10+,11+,12-,13+,14-,15+/m1/s1. The van der Waals surface area contributed by atoms with E-state index in [2.05, 4.69) is 0 Å². The number of aliphatic hydroxyl groups is 6. The molecule has 0 radical (unpaired) electrons. The van der Waals surface area contributed by atoms with E-state index in [1.165, 1.54) is 12.3 Å². The fourth-order valence-electron chi connectivity index (χ4n) is 3.38. The second-order valence-corrected chi connectivity index (χ2v) is 6.16. The van der Waals surface area contributed by atoms with Crippen LogP contribution in [-0.4, -0.2) is 87.0 Å². The van der Waals surface area contributed by atoms with Gasteiger partial charge in [0.25, 0.3) is 0 Å². The number of hydrogen-bond donors (Lipinski definition) is 6. The predicted octanol–water partition coefficient (Wildman–Crippen LogP) is -2.80. The van der Waals surface area contributed by atoms with E-state index in [1.54, 1.807) is 6.08 Å². The van der Waals surface area contributed by atoms with E-state index in [0.717, 1.165) is 0 Å². The fourth-order valence-corrected chi connectivity index (χ4v) is 3.38. The molecule has 9 heteroatoms. The van der Waals surface area contributed by atoms with E-state index >= 15 is 0 Å². The largest absolute Gasteiger partial charge is 0.472 e. The number of fused-ring (bicyclic) bond motifs is 1. The van der Waals surface area contributed by atoms with Crippen molar-refractivity contribution in [3.05, 3.63) is 24.0 Å². The molecule has 9 atom stereocenters. The maximum atomic E-state index is 10.0.